The molecule has 0 aliphatic carbocycles. The van der Waals surface area contributed by atoms with Crippen LogP contribution in [-0.4, -0.2) is 28.8 Å². The molecule has 8 heteroatoms. The van der Waals surface area contributed by atoms with Crippen LogP contribution < -0.4 is 4.68 Å². The number of aromatic nitrogens is 3. The van der Waals surface area contributed by atoms with Gasteiger partial charge >= 0.3 is 0 Å². The van der Waals surface area contributed by atoms with Gasteiger partial charge in [-0.3, -0.25) is 0 Å². The number of rotatable bonds is 4. The molecule has 2 aromatic heterocycles. The summed E-state index contributed by atoms with van der Waals surface area (Å²) < 4.78 is 34.3. The molecule has 0 spiro atoms. The molecule has 1 aromatic carbocycles. The molecule has 0 radical (unpaired) electrons. The summed E-state index contributed by atoms with van der Waals surface area (Å²) in [5.41, 5.74) is 1.80. The lowest BCUT2D eigenvalue weighted by Crippen LogP contribution is -2.40. The van der Waals surface area contributed by atoms with Gasteiger partial charge < -0.3 is 4.55 Å². The number of aryl methyl sites for hydroxylation is 1. The Balaban J connectivity index is 1.83. The molecule has 108 valence electrons. The Bertz CT molecular complexity index is 840. The minimum atomic E-state index is -4.22. The summed E-state index contributed by atoms with van der Waals surface area (Å²) in [5, 5.41) is 4.96. The first-order valence-electron chi connectivity index (χ1n) is 6.16. The van der Waals surface area contributed by atoms with Crippen LogP contribution in [0.25, 0.3) is 20.8 Å². The summed E-state index contributed by atoms with van der Waals surface area (Å²) in [4.78, 5) is 4.52. The number of fused-ring (bicyclic) bond motifs is 1. The second kappa shape index (κ2) is 5.47. The maximum Gasteiger partial charge on any atom is 0.197 e. The SMILES string of the molecule is O=S(=O)([O-])CC[n+]1ccc(-c2nc3ccccc3s2)cn1. The van der Waals surface area contributed by atoms with Crippen LogP contribution >= 0.6 is 11.3 Å². The van der Waals surface area contributed by atoms with Gasteiger partial charge in [0.05, 0.1) is 16.0 Å². The van der Waals surface area contributed by atoms with Crippen LogP contribution in [0.3, 0.4) is 0 Å². The van der Waals surface area contributed by atoms with Gasteiger partial charge in [-0.05, 0) is 17.2 Å². The van der Waals surface area contributed by atoms with Crippen LogP contribution in [-0.2, 0) is 16.7 Å². The summed E-state index contributed by atoms with van der Waals surface area (Å²) in [5.74, 6) is -0.467. The van der Waals surface area contributed by atoms with Crippen molar-refractivity contribution in [1.29, 1.82) is 0 Å². The van der Waals surface area contributed by atoms with Crippen molar-refractivity contribution in [2.75, 3.05) is 5.75 Å². The van der Waals surface area contributed by atoms with Crippen molar-refractivity contribution >= 4 is 31.7 Å². The first-order chi connectivity index (χ1) is 10.0. The average Bonchev–Trinajstić information content (AvgIpc) is 2.89. The summed E-state index contributed by atoms with van der Waals surface area (Å²) >= 11 is 1.57. The zero-order valence-electron chi connectivity index (χ0n) is 10.8. The van der Waals surface area contributed by atoms with Gasteiger partial charge in [0.15, 0.2) is 12.7 Å². The van der Waals surface area contributed by atoms with Crippen LogP contribution in [0.5, 0.6) is 0 Å². The largest absolute Gasteiger partial charge is 0.748 e. The molecular weight excluding hydrogens is 310 g/mol. The van der Waals surface area contributed by atoms with Gasteiger partial charge in [0, 0.05) is 11.6 Å². The third-order valence-corrected chi connectivity index (χ3v) is 4.65. The van der Waals surface area contributed by atoms with Crippen LogP contribution in [0.1, 0.15) is 0 Å². The van der Waals surface area contributed by atoms with E-state index in [0.717, 1.165) is 20.8 Å². The molecule has 0 fully saturated rings. The lowest BCUT2D eigenvalue weighted by atomic mass is 10.3. The van der Waals surface area contributed by atoms with Crippen molar-refractivity contribution in [3.05, 3.63) is 42.7 Å². The standard InChI is InChI=1S/C13H11N3O3S2/c17-21(18,19)8-7-16-6-5-10(9-14-16)13-15-11-3-1-2-4-12(11)20-13/h1-6,9H,7-8H2. The molecule has 3 rings (SSSR count). The molecule has 0 saturated carbocycles. The monoisotopic (exact) mass is 321 g/mol. The molecule has 2 heterocycles. The van der Waals surface area contributed by atoms with Gasteiger partial charge in [0.1, 0.15) is 21.3 Å². The maximum absolute atomic E-state index is 10.6. The third kappa shape index (κ3) is 3.41. The molecule has 21 heavy (non-hydrogen) atoms. The van der Waals surface area contributed by atoms with Gasteiger partial charge in [-0.1, -0.05) is 16.8 Å². The van der Waals surface area contributed by atoms with E-state index < -0.39 is 15.9 Å². The molecular formula is C13H11N3O3S2. The van der Waals surface area contributed by atoms with Gasteiger partial charge in [-0.15, -0.1) is 11.3 Å². The van der Waals surface area contributed by atoms with Crippen LogP contribution in [0, 0.1) is 0 Å². The Kier molecular flexibility index (Phi) is 3.66. The normalized spacial score (nSPS) is 11.9. The Morgan fingerprint density at radius 2 is 2.05 bits per heavy atom. The van der Waals surface area contributed by atoms with E-state index in [1.165, 1.54) is 4.68 Å². The van der Waals surface area contributed by atoms with Crippen molar-refractivity contribution in [2.45, 2.75) is 6.54 Å². The number of nitrogens with zero attached hydrogens (tertiary/aromatic N) is 3. The summed E-state index contributed by atoms with van der Waals surface area (Å²) in [6, 6.07) is 9.66. The first kappa shape index (κ1) is 14.1. The summed E-state index contributed by atoms with van der Waals surface area (Å²) in [6.45, 7) is 0.0476. The van der Waals surface area contributed by atoms with Gasteiger partial charge in [0.25, 0.3) is 0 Å². The van der Waals surface area contributed by atoms with Gasteiger partial charge in [0.2, 0.25) is 0 Å². The van der Waals surface area contributed by atoms with Crippen molar-refractivity contribution in [2.24, 2.45) is 0 Å². The highest BCUT2D eigenvalue weighted by Crippen LogP contribution is 2.28. The molecule has 0 aliphatic heterocycles. The van der Waals surface area contributed by atoms with Crippen LogP contribution in [0.15, 0.2) is 42.7 Å². The van der Waals surface area contributed by atoms with Crippen molar-refractivity contribution in [3.63, 3.8) is 0 Å². The molecule has 0 unspecified atom stereocenters. The highest BCUT2D eigenvalue weighted by Gasteiger charge is 2.10. The zero-order valence-corrected chi connectivity index (χ0v) is 12.5. The fourth-order valence-corrected chi connectivity index (χ4v) is 3.21. The highest BCUT2D eigenvalue weighted by atomic mass is 32.2. The van der Waals surface area contributed by atoms with E-state index >= 15 is 0 Å². The topological polar surface area (TPSA) is 86.9 Å². The predicted octanol–water partition coefficient (Wildman–Crippen LogP) is 1.19. The van der Waals surface area contributed by atoms with Crippen molar-refractivity contribution < 1.29 is 17.7 Å². The Morgan fingerprint density at radius 3 is 2.71 bits per heavy atom. The Hall–Kier alpha value is -1.90. The average molecular weight is 321 g/mol. The quantitative estimate of drug-likeness (QED) is 0.532. The zero-order chi connectivity index (χ0) is 14.9. The third-order valence-electron chi connectivity index (χ3n) is 2.88. The number of para-hydroxylation sites is 1. The maximum atomic E-state index is 10.6. The van der Waals surface area contributed by atoms with E-state index in [1.54, 1.807) is 23.7 Å². The Morgan fingerprint density at radius 1 is 1.24 bits per heavy atom. The van der Waals surface area contributed by atoms with Gasteiger partial charge in [-0.2, -0.15) is 0 Å². The van der Waals surface area contributed by atoms with E-state index in [-0.39, 0.29) is 6.54 Å². The fourth-order valence-electron chi connectivity index (χ4n) is 1.84. The molecule has 6 nitrogen and oxygen atoms in total. The van der Waals surface area contributed by atoms with Crippen molar-refractivity contribution in [3.8, 4) is 10.6 Å². The van der Waals surface area contributed by atoms with Crippen molar-refractivity contribution in [1.82, 2.24) is 10.1 Å². The van der Waals surface area contributed by atoms with E-state index in [2.05, 4.69) is 10.1 Å². The van der Waals surface area contributed by atoms with Crippen LogP contribution in [0.2, 0.25) is 0 Å². The smallest absolute Gasteiger partial charge is 0.197 e. The van der Waals surface area contributed by atoms with Crippen LogP contribution in [0.4, 0.5) is 0 Å². The molecule has 0 N–H and O–H groups in total. The van der Waals surface area contributed by atoms with E-state index in [4.69, 9.17) is 0 Å². The fraction of sp³-hybridized carbons (Fsp3) is 0.154. The number of benzene rings is 1. The number of thiazole rings is 1. The molecule has 0 bridgehead atoms. The molecule has 0 atom stereocenters. The predicted molar refractivity (Wildman–Crippen MR) is 77.6 cm³/mol. The lowest BCUT2D eigenvalue weighted by Gasteiger charge is -2.02. The minimum absolute atomic E-state index is 0.0476. The number of hydrogen-bond donors (Lipinski definition) is 0. The van der Waals surface area contributed by atoms with E-state index in [0.29, 0.717) is 0 Å². The lowest BCUT2D eigenvalue weighted by molar-refractivity contribution is -0.750. The van der Waals surface area contributed by atoms with E-state index in [1.807, 2.05) is 30.3 Å². The second-order valence-corrected chi connectivity index (χ2v) is 6.98. The summed E-state index contributed by atoms with van der Waals surface area (Å²) in [7, 11) is -4.22. The summed E-state index contributed by atoms with van der Waals surface area (Å²) in [6.07, 6.45) is 3.27. The second-order valence-electron chi connectivity index (χ2n) is 4.43. The molecule has 0 amide bonds. The molecule has 0 saturated heterocycles. The number of hydrogen-bond acceptors (Lipinski definition) is 6. The van der Waals surface area contributed by atoms with Gasteiger partial charge in [-0.25, -0.2) is 13.4 Å². The molecule has 0 aliphatic rings. The molecule has 3 aromatic rings. The Labute approximate surface area is 125 Å². The first-order valence-corrected chi connectivity index (χ1v) is 8.56. The highest BCUT2D eigenvalue weighted by molar-refractivity contribution is 7.85. The van der Waals surface area contributed by atoms with E-state index in [9.17, 15) is 13.0 Å². The minimum Gasteiger partial charge on any atom is -0.748 e.